The van der Waals surface area contributed by atoms with Gasteiger partial charge in [0.2, 0.25) is 5.91 Å². The van der Waals surface area contributed by atoms with Crippen molar-refractivity contribution in [3.63, 3.8) is 0 Å². The van der Waals surface area contributed by atoms with Crippen LogP contribution in [0.25, 0.3) is 0 Å². The van der Waals surface area contributed by atoms with E-state index in [2.05, 4.69) is 15.6 Å². The Hall–Kier alpha value is -2.90. The first-order valence-corrected chi connectivity index (χ1v) is 6.74. The average Bonchev–Trinajstić information content (AvgIpc) is 2.83. The molecule has 1 aromatic heterocycles. The third kappa shape index (κ3) is 3.60. The highest BCUT2D eigenvalue weighted by Crippen LogP contribution is 2.15. The summed E-state index contributed by atoms with van der Waals surface area (Å²) in [5, 5.41) is 10.1. The number of carbonyl (C=O) groups excluding carboxylic acids is 2. The Morgan fingerprint density at radius 2 is 2.00 bits per heavy atom. The molecule has 1 aromatic carbocycles. The maximum Gasteiger partial charge on any atom is 0.271 e. The lowest BCUT2D eigenvalue weighted by molar-refractivity contribution is -0.117. The zero-order valence-electron chi connectivity index (χ0n) is 12.4. The number of benzene rings is 1. The van der Waals surface area contributed by atoms with E-state index in [1.807, 2.05) is 6.92 Å². The number of rotatable bonds is 6. The van der Waals surface area contributed by atoms with Crippen molar-refractivity contribution >= 4 is 17.5 Å². The van der Waals surface area contributed by atoms with Crippen molar-refractivity contribution in [3.8, 4) is 5.75 Å². The minimum absolute atomic E-state index is 0.0562. The van der Waals surface area contributed by atoms with Crippen LogP contribution in [-0.4, -0.2) is 33.4 Å². The van der Waals surface area contributed by atoms with Crippen LogP contribution in [0.2, 0.25) is 0 Å². The van der Waals surface area contributed by atoms with E-state index in [1.54, 1.807) is 31.2 Å². The van der Waals surface area contributed by atoms with Crippen LogP contribution in [0.5, 0.6) is 5.75 Å². The molecule has 2 rings (SSSR count). The molecule has 0 radical (unpaired) electrons. The molecule has 0 aliphatic rings. The van der Waals surface area contributed by atoms with E-state index in [1.165, 1.54) is 4.68 Å². The van der Waals surface area contributed by atoms with Gasteiger partial charge < -0.3 is 15.8 Å². The number of amides is 2. The minimum atomic E-state index is -0.671. The van der Waals surface area contributed by atoms with Gasteiger partial charge in [0.15, 0.2) is 5.69 Å². The van der Waals surface area contributed by atoms with E-state index in [4.69, 9.17) is 10.5 Å². The fourth-order valence-corrected chi connectivity index (χ4v) is 1.88. The van der Waals surface area contributed by atoms with Gasteiger partial charge in [-0.3, -0.25) is 9.59 Å². The lowest BCUT2D eigenvalue weighted by Gasteiger charge is -2.07. The molecule has 1 heterocycles. The number of nitrogens with zero attached hydrogens (tertiary/aromatic N) is 3. The van der Waals surface area contributed by atoms with E-state index < -0.39 is 5.91 Å². The van der Waals surface area contributed by atoms with Gasteiger partial charge in [0.1, 0.15) is 12.3 Å². The van der Waals surface area contributed by atoms with Crippen LogP contribution in [0.1, 0.15) is 23.1 Å². The molecular formula is C14H17N5O3. The fourth-order valence-electron chi connectivity index (χ4n) is 1.88. The molecule has 22 heavy (non-hydrogen) atoms. The van der Waals surface area contributed by atoms with Crippen LogP contribution in [0.3, 0.4) is 0 Å². The minimum Gasteiger partial charge on any atom is -0.494 e. The Bertz CT molecular complexity index is 678. The third-order valence-electron chi connectivity index (χ3n) is 2.96. The Labute approximate surface area is 127 Å². The summed E-state index contributed by atoms with van der Waals surface area (Å²) >= 11 is 0. The van der Waals surface area contributed by atoms with E-state index in [0.29, 0.717) is 18.0 Å². The summed E-state index contributed by atoms with van der Waals surface area (Å²) in [6, 6.07) is 7.02. The number of hydrogen-bond donors (Lipinski definition) is 2. The van der Waals surface area contributed by atoms with Crippen molar-refractivity contribution < 1.29 is 14.3 Å². The fraction of sp³-hybridized carbons (Fsp3) is 0.286. The molecule has 8 nitrogen and oxygen atoms in total. The predicted octanol–water partition coefficient (Wildman–Crippen LogP) is 0.723. The molecule has 0 fully saturated rings. The Kier molecular flexibility index (Phi) is 4.72. The maximum absolute atomic E-state index is 12.0. The second-order valence-electron chi connectivity index (χ2n) is 4.55. The number of carbonyl (C=O) groups is 2. The van der Waals surface area contributed by atoms with E-state index in [9.17, 15) is 9.59 Å². The Morgan fingerprint density at radius 1 is 1.32 bits per heavy atom. The third-order valence-corrected chi connectivity index (χ3v) is 2.96. The topological polar surface area (TPSA) is 112 Å². The van der Waals surface area contributed by atoms with E-state index in [0.717, 1.165) is 5.75 Å². The van der Waals surface area contributed by atoms with Crippen molar-refractivity contribution in [1.29, 1.82) is 0 Å². The summed E-state index contributed by atoms with van der Waals surface area (Å²) in [6.07, 6.45) is 0. The van der Waals surface area contributed by atoms with Crippen molar-refractivity contribution in [1.82, 2.24) is 15.0 Å². The smallest absolute Gasteiger partial charge is 0.271 e. The zero-order chi connectivity index (χ0) is 16.1. The Morgan fingerprint density at radius 3 is 2.55 bits per heavy atom. The van der Waals surface area contributed by atoms with Gasteiger partial charge in [-0.05, 0) is 38.1 Å². The summed E-state index contributed by atoms with van der Waals surface area (Å²) < 4.78 is 6.65. The molecule has 3 N–H and O–H groups in total. The number of ether oxygens (including phenoxy) is 1. The van der Waals surface area contributed by atoms with Gasteiger partial charge in [-0.1, -0.05) is 5.21 Å². The number of nitrogens with one attached hydrogen (secondary N) is 1. The van der Waals surface area contributed by atoms with Gasteiger partial charge in [0.05, 0.1) is 12.3 Å². The molecule has 2 aromatic rings. The molecule has 2 amide bonds. The Balaban J connectivity index is 1.99. The molecule has 0 saturated heterocycles. The quantitative estimate of drug-likeness (QED) is 0.816. The molecule has 8 heteroatoms. The van der Waals surface area contributed by atoms with E-state index >= 15 is 0 Å². The lowest BCUT2D eigenvalue weighted by Crippen LogP contribution is -2.21. The lowest BCUT2D eigenvalue weighted by atomic mass is 10.3. The summed E-state index contributed by atoms with van der Waals surface area (Å²) in [5.74, 6) is -0.220. The molecule has 0 bridgehead atoms. The summed E-state index contributed by atoms with van der Waals surface area (Å²) in [6.45, 7) is 4.06. The standard InChI is InChI=1S/C14H17N5O3/c1-3-22-11-6-4-10(5-7-11)16-12(20)8-19-9(2)13(14(15)21)17-18-19/h4-7H,3,8H2,1-2H3,(H2,15,21)(H,16,20). The van der Waals surface area contributed by atoms with Gasteiger partial charge in [0, 0.05) is 5.69 Å². The molecule has 0 unspecified atom stereocenters. The van der Waals surface area contributed by atoms with Crippen LogP contribution in [-0.2, 0) is 11.3 Å². The average molecular weight is 303 g/mol. The van der Waals surface area contributed by atoms with Gasteiger partial charge in [0.25, 0.3) is 5.91 Å². The van der Waals surface area contributed by atoms with Crippen LogP contribution in [0.4, 0.5) is 5.69 Å². The van der Waals surface area contributed by atoms with Crippen LogP contribution in [0.15, 0.2) is 24.3 Å². The van der Waals surface area contributed by atoms with Gasteiger partial charge in [-0.2, -0.15) is 0 Å². The molecular weight excluding hydrogens is 286 g/mol. The SMILES string of the molecule is CCOc1ccc(NC(=O)Cn2nnc(C(N)=O)c2C)cc1. The first-order chi connectivity index (χ1) is 10.5. The second kappa shape index (κ2) is 6.70. The number of hydrogen-bond acceptors (Lipinski definition) is 5. The molecule has 0 saturated carbocycles. The highest BCUT2D eigenvalue weighted by Gasteiger charge is 2.15. The molecule has 0 aliphatic carbocycles. The predicted molar refractivity (Wildman–Crippen MR) is 79.5 cm³/mol. The van der Waals surface area contributed by atoms with Gasteiger partial charge in [-0.25, -0.2) is 4.68 Å². The summed E-state index contributed by atoms with van der Waals surface area (Å²) in [7, 11) is 0. The maximum atomic E-state index is 12.0. The number of anilines is 1. The van der Waals surface area contributed by atoms with Crippen molar-refractivity contribution in [2.75, 3.05) is 11.9 Å². The monoisotopic (exact) mass is 303 g/mol. The summed E-state index contributed by atoms with van der Waals surface area (Å²) in [4.78, 5) is 23.1. The highest BCUT2D eigenvalue weighted by molar-refractivity contribution is 5.92. The highest BCUT2D eigenvalue weighted by atomic mass is 16.5. The number of nitrogens with two attached hydrogens (primary N) is 1. The van der Waals surface area contributed by atoms with E-state index in [-0.39, 0.29) is 18.1 Å². The van der Waals surface area contributed by atoms with Crippen molar-refractivity contribution in [2.45, 2.75) is 20.4 Å². The number of aromatic nitrogens is 3. The van der Waals surface area contributed by atoms with Crippen LogP contribution >= 0.6 is 0 Å². The first-order valence-electron chi connectivity index (χ1n) is 6.74. The molecule has 0 aliphatic heterocycles. The number of primary amides is 1. The summed E-state index contributed by atoms with van der Waals surface area (Å²) in [5.41, 5.74) is 6.31. The molecule has 0 atom stereocenters. The van der Waals surface area contributed by atoms with Crippen molar-refractivity contribution in [3.05, 3.63) is 35.7 Å². The van der Waals surface area contributed by atoms with Crippen molar-refractivity contribution in [2.24, 2.45) is 5.73 Å². The second-order valence-corrected chi connectivity index (χ2v) is 4.55. The largest absolute Gasteiger partial charge is 0.494 e. The zero-order valence-corrected chi connectivity index (χ0v) is 12.4. The van der Waals surface area contributed by atoms with Gasteiger partial charge >= 0.3 is 0 Å². The molecule has 116 valence electrons. The molecule has 0 spiro atoms. The first kappa shape index (κ1) is 15.5. The van der Waals surface area contributed by atoms with Crippen LogP contribution in [0, 0.1) is 6.92 Å². The normalized spacial score (nSPS) is 10.3. The van der Waals surface area contributed by atoms with Crippen LogP contribution < -0.4 is 15.8 Å². The van der Waals surface area contributed by atoms with Gasteiger partial charge in [-0.15, -0.1) is 5.10 Å².